The summed E-state index contributed by atoms with van der Waals surface area (Å²) in [6.07, 6.45) is 3.18. The van der Waals surface area contributed by atoms with Crippen LogP contribution in [0.3, 0.4) is 0 Å². The SMILES string of the molecule is CCCCNC(=O)N1C[C@H](C(=O)NCCc2ccccc2OC)C[C@H](c2ccc(F)c(C)c2)C1. The molecule has 6 nitrogen and oxygen atoms in total. The highest BCUT2D eigenvalue weighted by Gasteiger charge is 2.34. The van der Waals surface area contributed by atoms with E-state index in [0.717, 1.165) is 29.7 Å². The highest BCUT2D eigenvalue weighted by Crippen LogP contribution is 2.31. The molecule has 0 unspecified atom stereocenters. The molecule has 3 rings (SSSR count). The van der Waals surface area contributed by atoms with Gasteiger partial charge in [0.1, 0.15) is 11.6 Å². The summed E-state index contributed by atoms with van der Waals surface area (Å²) in [5.74, 6) is 0.119. The monoisotopic (exact) mass is 469 g/mol. The van der Waals surface area contributed by atoms with Gasteiger partial charge in [0.2, 0.25) is 5.91 Å². The molecular formula is C27H36FN3O3. The molecule has 0 aromatic heterocycles. The summed E-state index contributed by atoms with van der Waals surface area (Å²) < 4.78 is 19.2. The average Bonchev–Trinajstić information content (AvgIpc) is 2.85. The van der Waals surface area contributed by atoms with Crippen molar-refractivity contribution in [3.8, 4) is 5.75 Å². The normalized spacial score (nSPS) is 17.8. The fraction of sp³-hybridized carbons (Fsp3) is 0.481. The van der Waals surface area contributed by atoms with Gasteiger partial charge in [0.05, 0.1) is 13.0 Å². The van der Waals surface area contributed by atoms with E-state index in [1.807, 2.05) is 30.3 Å². The van der Waals surface area contributed by atoms with Crippen LogP contribution in [0.4, 0.5) is 9.18 Å². The number of halogens is 1. The van der Waals surface area contributed by atoms with E-state index in [0.29, 0.717) is 44.6 Å². The number of carbonyl (C=O) groups excluding carboxylic acids is 2. The molecule has 7 heteroatoms. The molecule has 2 aromatic rings. The number of urea groups is 1. The first-order valence-corrected chi connectivity index (χ1v) is 12.1. The van der Waals surface area contributed by atoms with Gasteiger partial charge in [-0.05, 0) is 55.0 Å². The molecule has 1 saturated heterocycles. The number of rotatable bonds is 9. The topological polar surface area (TPSA) is 70.7 Å². The van der Waals surface area contributed by atoms with Gasteiger partial charge in [-0.1, -0.05) is 43.7 Å². The van der Waals surface area contributed by atoms with Crippen LogP contribution >= 0.6 is 0 Å². The molecule has 0 spiro atoms. The molecule has 1 heterocycles. The lowest BCUT2D eigenvalue weighted by Crippen LogP contribution is -2.51. The third kappa shape index (κ3) is 6.72. The number of ether oxygens (including phenoxy) is 1. The maximum Gasteiger partial charge on any atom is 0.317 e. The Morgan fingerprint density at radius 1 is 1.12 bits per heavy atom. The van der Waals surface area contributed by atoms with Crippen LogP contribution in [0.1, 0.15) is 48.8 Å². The molecule has 2 atom stereocenters. The number of unbranched alkanes of at least 4 members (excludes halogenated alkanes) is 1. The standard InChI is InChI=1S/C27H36FN3O3/c1-4-5-13-30-27(33)31-17-22(21-10-11-24(28)19(2)15-21)16-23(18-31)26(32)29-14-12-20-8-6-7-9-25(20)34-3/h6-11,15,22-23H,4-5,12-14,16-18H2,1-3H3,(H,29,32)(H,30,33)/t22-,23+/m0/s1. The van der Waals surface area contributed by atoms with Crippen molar-refractivity contribution >= 4 is 11.9 Å². The zero-order chi connectivity index (χ0) is 24.5. The molecule has 3 amide bonds. The van der Waals surface area contributed by atoms with Gasteiger partial charge in [-0.2, -0.15) is 0 Å². The molecule has 1 aliphatic rings. The molecule has 184 valence electrons. The summed E-state index contributed by atoms with van der Waals surface area (Å²) in [6.45, 7) is 5.79. The van der Waals surface area contributed by atoms with Crippen molar-refractivity contribution in [3.63, 3.8) is 0 Å². The molecule has 2 N–H and O–H groups in total. The number of piperidine rings is 1. The second kappa shape index (κ2) is 12.4. The average molecular weight is 470 g/mol. The number of aryl methyl sites for hydroxylation is 1. The first-order chi connectivity index (χ1) is 16.4. The van der Waals surface area contributed by atoms with Crippen LogP contribution < -0.4 is 15.4 Å². The lowest BCUT2D eigenvalue weighted by atomic mass is 9.83. The van der Waals surface area contributed by atoms with E-state index in [4.69, 9.17) is 4.74 Å². The van der Waals surface area contributed by atoms with Crippen LogP contribution in [-0.4, -0.2) is 50.1 Å². The molecular weight excluding hydrogens is 433 g/mol. The molecule has 0 bridgehead atoms. The Bertz CT molecular complexity index is 981. The summed E-state index contributed by atoms with van der Waals surface area (Å²) >= 11 is 0. The number of nitrogens with zero attached hydrogens (tertiary/aromatic N) is 1. The quantitative estimate of drug-likeness (QED) is 0.534. The van der Waals surface area contributed by atoms with Gasteiger partial charge in [0.15, 0.2) is 0 Å². The number of amides is 3. The fourth-order valence-electron chi connectivity index (χ4n) is 4.48. The summed E-state index contributed by atoms with van der Waals surface area (Å²) in [7, 11) is 1.64. The van der Waals surface area contributed by atoms with Crippen molar-refractivity contribution in [3.05, 3.63) is 65.0 Å². The first-order valence-electron chi connectivity index (χ1n) is 12.1. The Labute approximate surface area is 201 Å². The number of nitrogens with one attached hydrogen (secondary N) is 2. The maximum absolute atomic E-state index is 13.8. The molecule has 1 aliphatic heterocycles. The molecule has 0 radical (unpaired) electrons. The smallest absolute Gasteiger partial charge is 0.317 e. The summed E-state index contributed by atoms with van der Waals surface area (Å²) in [5, 5.41) is 6.01. The zero-order valence-electron chi connectivity index (χ0n) is 20.4. The predicted octanol–water partition coefficient (Wildman–Crippen LogP) is 4.42. The largest absolute Gasteiger partial charge is 0.496 e. The number of carbonyl (C=O) groups is 2. The van der Waals surface area contributed by atoms with Crippen LogP contribution in [0.25, 0.3) is 0 Å². The van der Waals surface area contributed by atoms with Crippen molar-refractivity contribution in [1.82, 2.24) is 15.5 Å². The summed E-state index contributed by atoms with van der Waals surface area (Å²) in [6, 6.07) is 12.7. The molecule has 0 saturated carbocycles. The first kappa shape index (κ1) is 25.5. The molecule has 34 heavy (non-hydrogen) atoms. The third-order valence-electron chi connectivity index (χ3n) is 6.45. The lowest BCUT2D eigenvalue weighted by Gasteiger charge is -2.37. The fourth-order valence-corrected chi connectivity index (χ4v) is 4.48. The van der Waals surface area contributed by atoms with Crippen LogP contribution in [-0.2, 0) is 11.2 Å². The second-order valence-corrected chi connectivity index (χ2v) is 8.98. The van der Waals surface area contributed by atoms with Crippen molar-refractivity contribution in [1.29, 1.82) is 0 Å². The number of para-hydroxylation sites is 1. The molecule has 0 aliphatic carbocycles. The van der Waals surface area contributed by atoms with Gasteiger partial charge in [0, 0.05) is 32.1 Å². The van der Waals surface area contributed by atoms with E-state index >= 15 is 0 Å². The van der Waals surface area contributed by atoms with E-state index in [2.05, 4.69) is 17.6 Å². The van der Waals surface area contributed by atoms with Gasteiger partial charge < -0.3 is 20.3 Å². The number of hydrogen-bond donors (Lipinski definition) is 2. The number of benzene rings is 2. The summed E-state index contributed by atoms with van der Waals surface area (Å²) in [5.41, 5.74) is 2.56. The Kier molecular flexibility index (Phi) is 9.31. The number of methoxy groups -OCH3 is 1. The number of likely N-dealkylation sites (tertiary alicyclic amines) is 1. The minimum Gasteiger partial charge on any atom is -0.496 e. The van der Waals surface area contributed by atoms with Gasteiger partial charge in [0.25, 0.3) is 0 Å². The van der Waals surface area contributed by atoms with E-state index in [-0.39, 0.29) is 29.6 Å². The summed E-state index contributed by atoms with van der Waals surface area (Å²) in [4.78, 5) is 27.7. The van der Waals surface area contributed by atoms with E-state index in [9.17, 15) is 14.0 Å². The van der Waals surface area contributed by atoms with Crippen molar-refractivity contribution in [2.24, 2.45) is 5.92 Å². The predicted molar refractivity (Wildman–Crippen MR) is 132 cm³/mol. The lowest BCUT2D eigenvalue weighted by molar-refractivity contribution is -0.126. The maximum atomic E-state index is 13.8. The second-order valence-electron chi connectivity index (χ2n) is 8.98. The Balaban J connectivity index is 1.68. The van der Waals surface area contributed by atoms with Crippen LogP contribution in [0.2, 0.25) is 0 Å². The van der Waals surface area contributed by atoms with Crippen LogP contribution in [0.15, 0.2) is 42.5 Å². The Morgan fingerprint density at radius 2 is 1.91 bits per heavy atom. The third-order valence-corrected chi connectivity index (χ3v) is 6.45. The van der Waals surface area contributed by atoms with Gasteiger partial charge in [-0.25, -0.2) is 9.18 Å². The number of hydrogen-bond acceptors (Lipinski definition) is 3. The Morgan fingerprint density at radius 3 is 2.65 bits per heavy atom. The van der Waals surface area contributed by atoms with E-state index in [1.165, 1.54) is 6.07 Å². The highest BCUT2D eigenvalue weighted by atomic mass is 19.1. The zero-order valence-corrected chi connectivity index (χ0v) is 20.4. The highest BCUT2D eigenvalue weighted by molar-refractivity contribution is 5.81. The van der Waals surface area contributed by atoms with Gasteiger partial charge >= 0.3 is 6.03 Å². The van der Waals surface area contributed by atoms with Crippen molar-refractivity contribution in [2.45, 2.75) is 45.4 Å². The van der Waals surface area contributed by atoms with Crippen LogP contribution in [0.5, 0.6) is 5.75 Å². The van der Waals surface area contributed by atoms with Gasteiger partial charge in [-0.3, -0.25) is 4.79 Å². The van der Waals surface area contributed by atoms with Crippen molar-refractivity contribution in [2.75, 3.05) is 33.3 Å². The van der Waals surface area contributed by atoms with Gasteiger partial charge in [-0.15, -0.1) is 0 Å². The van der Waals surface area contributed by atoms with Crippen molar-refractivity contribution < 1.29 is 18.7 Å². The minimum absolute atomic E-state index is 0.0325. The van der Waals surface area contributed by atoms with E-state index < -0.39 is 0 Å². The molecule has 2 aromatic carbocycles. The Hall–Kier alpha value is -3.09. The van der Waals surface area contributed by atoms with E-state index in [1.54, 1.807) is 25.0 Å². The van der Waals surface area contributed by atoms with Crippen LogP contribution in [0, 0.1) is 18.7 Å². The molecule has 1 fully saturated rings. The minimum atomic E-state index is -0.335.